The van der Waals surface area contributed by atoms with E-state index < -0.39 is 0 Å². The lowest BCUT2D eigenvalue weighted by molar-refractivity contribution is 0.112. The molecule has 0 atom stereocenters. The number of rotatable bonds is 2. The molecule has 3 nitrogen and oxygen atoms in total. The Morgan fingerprint density at radius 1 is 1.50 bits per heavy atom. The molecule has 0 aliphatic heterocycles. The van der Waals surface area contributed by atoms with Gasteiger partial charge in [-0.3, -0.25) is 4.79 Å². The molecule has 0 saturated carbocycles. The average Bonchev–Trinajstić information content (AvgIpc) is 2.05. The Bertz CT molecular complexity index is 273. The van der Waals surface area contributed by atoms with Gasteiger partial charge in [-0.15, -0.1) is 0 Å². The largest absolute Gasteiger partial charge is 0.504 e. The number of phenolic OH excluding ortho intramolecular Hbond substituents is 1. The Hall–Kier alpha value is -1.08. The van der Waals surface area contributed by atoms with Gasteiger partial charge in [0.05, 0.1) is 7.11 Å². The zero-order valence-corrected chi connectivity index (χ0v) is 7.41. The molecule has 0 aromatic heterocycles. The minimum Gasteiger partial charge on any atom is -0.504 e. The highest BCUT2D eigenvalue weighted by Gasteiger charge is 2.00. The average molecular weight is 183 g/mol. The maximum absolute atomic E-state index is 10.2. The first-order valence-corrected chi connectivity index (χ1v) is 3.10. The molecule has 0 heterocycles. The lowest BCUT2D eigenvalue weighted by atomic mass is 10.2. The van der Waals surface area contributed by atoms with Crippen molar-refractivity contribution in [1.82, 2.24) is 0 Å². The third kappa shape index (κ3) is 2.21. The Labute approximate surface area is 74.0 Å². The summed E-state index contributed by atoms with van der Waals surface area (Å²) < 4.78 is 4.78. The second-order valence-corrected chi connectivity index (χ2v) is 2.05. The predicted octanol–water partition coefficient (Wildman–Crippen LogP) is 2.07. The van der Waals surface area contributed by atoms with Gasteiger partial charge in [0.2, 0.25) is 0 Å². The van der Waals surface area contributed by atoms with Gasteiger partial charge in [-0.2, -0.15) is 0 Å². The van der Waals surface area contributed by atoms with Crippen molar-refractivity contribution in [2.45, 2.75) is 0 Å². The molecule has 4 heteroatoms. The van der Waals surface area contributed by atoms with E-state index in [1.807, 2.05) is 0 Å². The van der Waals surface area contributed by atoms with Crippen LogP contribution < -0.4 is 4.74 Å². The normalized spacial score (nSPS) is 8.42. The van der Waals surface area contributed by atoms with Crippen molar-refractivity contribution >= 4 is 16.2 Å². The third-order valence-electron chi connectivity index (χ3n) is 1.34. The van der Waals surface area contributed by atoms with E-state index in [1.54, 1.807) is 0 Å². The van der Waals surface area contributed by atoms with Crippen LogP contribution in [0.5, 0.6) is 11.5 Å². The van der Waals surface area contributed by atoms with Crippen molar-refractivity contribution in [3.05, 3.63) is 23.8 Å². The van der Waals surface area contributed by atoms with Crippen molar-refractivity contribution < 1.29 is 14.6 Å². The number of aldehydes is 1. The Morgan fingerprint density at radius 2 is 2.17 bits per heavy atom. The van der Waals surface area contributed by atoms with Gasteiger partial charge in [0.1, 0.15) is 6.29 Å². The molecule has 3 radical (unpaired) electrons. The lowest BCUT2D eigenvalue weighted by Gasteiger charge is -2.01. The molecule has 0 aliphatic carbocycles. The summed E-state index contributed by atoms with van der Waals surface area (Å²) in [5, 5.41) is 9.09. The molecule has 0 fully saturated rings. The molecule has 1 N–H and O–H groups in total. The number of carbonyl (C=O) groups excluding carboxylic acids is 1. The molecular formula is C8H8O3P. The van der Waals surface area contributed by atoms with E-state index in [0.29, 0.717) is 17.6 Å². The quantitative estimate of drug-likeness (QED) is 0.564. The van der Waals surface area contributed by atoms with E-state index in [9.17, 15) is 4.79 Å². The maximum atomic E-state index is 10.2. The summed E-state index contributed by atoms with van der Waals surface area (Å²) in [7, 11) is 1.43. The molecule has 1 aromatic carbocycles. The summed E-state index contributed by atoms with van der Waals surface area (Å²) >= 11 is 0. The SMILES string of the molecule is COc1cc(C=O)ccc1O.[P]. The summed E-state index contributed by atoms with van der Waals surface area (Å²) in [6.45, 7) is 0. The second-order valence-electron chi connectivity index (χ2n) is 2.05. The highest BCUT2D eigenvalue weighted by molar-refractivity contribution is 6.92. The predicted molar refractivity (Wildman–Crippen MR) is 47.0 cm³/mol. The summed E-state index contributed by atoms with van der Waals surface area (Å²) in [5.74, 6) is 0.354. The van der Waals surface area contributed by atoms with Crippen LogP contribution in [0.1, 0.15) is 10.4 Å². The van der Waals surface area contributed by atoms with E-state index in [0.717, 1.165) is 0 Å². The molecule has 0 aliphatic rings. The molecule has 0 amide bonds. The van der Waals surface area contributed by atoms with Crippen LogP contribution in [-0.4, -0.2) is 18.5 Å². The highest BCUT2D eigenvalue weighted by atomic mass is 31.0. The molecule has 0 bridgehead atoms. The molecule has 0 spiro atoms. The molecule has 12 heavy (non-hydrogen) atoms. The fourth-order valence-electron chi connectivity index (χ4n) is 0.768. The van der Waals surface area contributed by atoms with Gasteiger partial charge in [0, 0.05) is 15.5 Å². The van der Waals surface area contributed by atoms with Crippen molar-refractivity contribution in [3.8, 4) is 11.5 Å². The first-order valence-electron chi connectivity index (χ1n) is 3.10. The molecule has 0 unspecified atom stereocenters. The van der Waals surface area contributed by atoms with Crippen LogP contribution in [0.25, 0.3) is 0 Å². The summed E-state index contributed by atoms with van der Waals surface area (Å²) in [4.78, 5) is 10.2. The summed E-state index contributed by atoms with van der Waals surface area (Å²) in [6, 6.07) is 4.41. The van der Waals surface area contributed by atoms with E-state index in [1.165, 1.54) is 25.3 Å². The second kappa shape index (κ2) is 4.73. The number of hydrogen-bond acceptors (Lipinski definition) is 3. The first kappa shape index (κ1) is 10.9. The number of hydrogen-bond donors (Lipinski definition) is 1. The van der Waals surface area contributed by atoms with Crippen molar-refractivity contribution in [1.29, 1.82) is 0 Å². The van der Waals surface area contributed by atoms with Gasteiger partial charge in [-0.25, -0.2) is 0 Å². The van der Waals surface area contributed by atoms with Gasteiger partial charge in [0.25, 0.3) is 0 Å². The smallest absolute Gasteiger partial charge is 0.161 e. The van der Waals surface area contributed by atoms with Crippen LogP contribution in [0.4, 0.5) is 0 Å². The summed E-state index contributed by atoms with van der Waals surface area (Å²) in [6.07, 6.45) is 0.696. The van der Waals surface area contributed by atoms with Crippen molar-refractivity contribution in [3.63, 3.8) is 0 Å². The number of ether oxygens (including phenoxy) is 1. The molecule has 0 saturated heterocycles. The first-order chi connectivity index (χ1) is 5.27. The fraction of sp³-hybridized carbons (Fsp3) is 0.125. The number of carbonyl (C=O) groups is 1. The van der Waals surface area contributed by atoms with E-state index in [2.05, 4.69) is 0 Å². The van der Waals surface area contributed by atoms with Crippen LogP contribution in [-0.2, 0) is 0 Å². The topological polar surface area (TPSA) is 46.5 Å². The minimum atomic E-state index is 0. The lowest BCUT2D eigenvalue weighted by Crippen LogP contribution is -1.85. The van der Waals surface area contributed by atoms with Gasteiger partial charge >= 0.3 is 0 Å². The van der Waals surface area contributed by atoms with Crippen LogP contribution in [0.2, 0.25) is 0 Å². The Morgan fingerprint density at radius 3 is 2.67 bits per heavy atom. The van der Waals surface area contributed by atoms with Crippen LogP contribution >= 0.6 is 9.90 Å². The number of methoxy groups -OCH3 is 1. The standard InChI is InChI=1S/C8H8O3.P/c1-11-8-4-6(5-9)2-3-7(8)10;/h2-5,10H,1H3;. The maximum Gasteiger partial charge on any atom is 0.161 e. The van der Waals surface area contributed by atoms with E-state index in [4.69, 9.17) is 9.84 Å². The number of benzene rings is 1. The number of aromatic hydroxyl groups is 1. The van der Waals surface area contributed by atoms with Crippen LogP contribution in [0.3, 0.4) is 0 Å². The Kier molecular flexibility index (Phi) is 4.30. The zero-order valence-electron chi connectivity index (χ0n) is 6.52. The molecule has 1 aromatic rings. The fourth-order valence-corrected chi connectivity index (χ4v) is 0.768. The van der Waals surface area contributed by atoms with Crippen molar-refractivity contribution in [2.75, 3.05) is 7.11 Å². The van der Waals surface area contributed by atoms with Gasteiger partial charge in [0.15, 0.2) is 11.5 Å². The monoisotopic (exact) mass is 183 g/mol. The third-order valence-corrected chi connectivity index (χ3v) is 1.34. The van der Waals surface area contributed by atoms with Crippen LogP contribution in [0, 0.1) is 0 Å². The van der Waals surface area contributed by atoms with Crippen LogP contribution in [0.15, 0.2) is 18.2 Å². The Balaban J connectivity index is 0.00000121. The van der Waals surface area contributed by atoms with E-state index in [-0.39, 0.29) is 15.6 Å². The molecular weight excluding hydrogens is 175 g/mol. The minimum absolute atomic E-state index is 0. The highest BCUT2D eigenvalue weighted by Crippen LogP contribution is 2.25. The molecule has 63 valence electrons. The summed E-state index contributed by atoms with van der Waals surface area (Å²) in [5.41, 5.74) is 0.486. The zero-order chi connectivity index (χ0) is 8.27. The van der Waals surface area contributed by atoms with Crippen molar-refractivity contribution in [2.24, 2.45) is 0 Å². The number of phenols is 1. The van der Waals surface area contributed by atoms with E-state index >= 15 is 0 Å². The molecule has 1 rings (SSSR count). The van der Waals surface area contributed by atoms with Gasteiger partial charge < -0.3 is 9.84 Å². The van der Waals surface area contributed by atoms with Gasteiger partial charge in [-0.1, -0.05) is 0 Å². The van der Waals surface area contributed by atoms with Gasteiger partial charge in [-0.05, 0) is 18.2 Å².